The molecule has 1 heterocycles. The molecule has 2 radical (unpaired) electrons. The summed E-state index contributed by atoms with van der Waals surface area (Å²) in [5, 5.41) is 0. The molecule has 58 valence electrons. The molecule has 0 aromatic rings. The van der Waals surface area contributed by atoms with E-state index in [1.807, 2.05) is 0 Å². The van der Waals surface area contributed by atoms with Gasteiger partial charge in [0.15, 0.2) is 0 Å². The first kappa shape index (κ1) is 8.53. The lowest BCUT2D eigenvalue weighted by atomic mass is 10.5. The van der Waals surface area contributed by atoms with Crippen LogP contribution < -0.4 is 0 Å². The van der Waals surface area contributed by atoms with E-state index < -0.39 is 8.07 Å². The molecule has 10 heavy (non-hydrogen) atoms. The molecule has 0 bridgehead atoms. The quantitative estimate of drug-likeness (QED) is 0.490. The highest BCUT2D eigenvalue weighted by atomic mass is 28.4. The van der Waals surface area contributed by atoms with Gasteiger partial charge in [-0.25, -0.2) is 0 Å². The van der Waals surface area contributed by atoms with E-state index in [0.717, 1.165) is 9.32 Å². The van der Waals surface area contributed by atoms with E-state index in [1.54, 1.807) is 0 Å². The van der Waals surface area contributed by atoms with Crippen LogP contribution in [0.2, 0.25) is 22.4 Å². The molecule has 0 N–H and O–H groups in total. The Morgan fingerprint density at radius 3 is 1.20 bits per heavy atom. The van der Waals surface area contributed by atoms with Crippen molar-refractivity contribution in [3.05, 3.63) is 0 Å². The highest BCUT2D eigenvalue weighted by molar-refractivity contribution is 7.06. The zero-order valence-corrected chi connectivity index (χ0v) is 10.0. The van der Waals surface area contributed by atoms with Crippen molar-refractivity contribution in [2.45, 2.75) is 50.1 Å². The fraction of sp³-hybridized carbons (Fsp3) is 1.00. The third-order valence-electron chi connectivity index (χ3n) is 3.75. The molecule has 2 heteroatoms. The van der Waals surface area contributed by atoms with Crippen LogP contribution in [0.25, 0.3) is 0 Å². The Labute approximate surface area is 68.2 Å². The topological polar surface area (TPSA) is 0 Å². The van der Waals surface area contributed by atoms with Crippen LogP contribution in [0.3, 0.4) is 0 Å². The van der Waals surface area contributed by atoms with Crippen molar-refractivity contribution in [2.75, 3.05) is 0 Å². The van der Waals surface area contributed by atoms with E-state index in [2.05, 4.69) is 40.8 Å². The first-order valence-electron chi connectivity index (χ1n) is 4.00. The van der Waals surface area contributed by atoms with Gasteiger partial charge >= 0.3 is 0 Å². The maximum atomic E-state index is 2.53. The average Bonchev–Trinajstić information content (AvgIpc) is 1.61. The molecule has 0 saturated carbocycles. The van der Waals surface area contributed by atoms with Gasteiger partial charge in [-0.05, 0) is 9.32 Å². The lowest BCUT2D eigenvalue weighted by molar-refractivity contribution is 0.698. The van der Waals surface area contributed by atoms with E-state index in [-0.39, 0.29) is 0 Å². The lowest BCUT2D eigenvalue weighted by Crippen LogP contribution is -2.65. The Hall–Kier alpha value is 0.434. The Balaban J connectivity index is 2.85. The molecule has 0 atom stereocenters. The smallest absolute Gasteiger partial charge is 0.0526 e. The van der Waals surface area contributed by atoms with Crippen LogP contribution in [0.15, 0.2) is 0 Å². The number of rotatable bonds is 0. The lowest BCUT2D eigenvalue weighted by Gasteiger charge is -2.63. The fourth-order valence-corrected chi connectivity index (χ4v) is 10.3. The minimum absolute atomic E-state index is 0.719. The van der Waals surface area contributed by atoms with Crippen molar-refractivity contribution in [1.82, 2.24) is 0 Å². The molecule has 1 fully saturated rings. The molecular formula is C8H18Si2. The van der Waals surface area contributed by atoms with E-state index in [9.17, 15) is 0 Å². The summed E-state index contributed by atoms with van der Waals surface area (Å²) in [6.07, 6.45) is 0. The Kier molecular flexibility index (Phi) is 1.52. The number of hydrogen-bond acceptors (Lipinski definition) is 0. The van der Waals surface area contributed by atoms with Crippen LogP contribution in [0.5, 0.6) is 0 Å². The third kappa shape index (κ3) is 0.781. The minimum atomic E-state index is -0.894. The molecule has 0 aromatic carbocycles. The normalized spacial score (nSPS) is 33.0. The van der Waals surface area contributed by atoms with Gasteiger partial charge in [0.25, 0.3) is 0 Å². The van der Waals surface area contributed by atoms with Gasteiger partial charge in [-0.1, -0.05) is 40.8 Å². The minimum Gasteiger partial charge on any atom is -0.0690 e. The fourth-order valence-electron chi connectivity index (χ4n) is 1.81. The summed E-state index contributed by atoms with van der Waals surface area (Å²) in [4.78, 5) is 0. The molecule has 0 aliphatic carbocycles. The predicted molar refractivity (Wildman–Crippen MR) is 51.3 cm³/mol. The average molecular weight is 170 g/mol. The second-order valence-electron chi connectivity index (χ2n) is 5.00. The van der Waals surface area contributed by atoms with Crippen molar-refractivity contribution in [3.63, 3.8) is 0 Å². The van der Waals surface area contributed by atoms with Crippen molar-refractivity contribution >= 4 is 17.6 Å². The summed E-state index contributed by atoms with van der Waals surface area (Å²) in [6.45, 7) is 14.9. The van der Waals surface area contributed by atoms with Gasteiger partial charge in [0, 0.05) is 9.52 Å². The van der Waals surface area contributed by atoms with E-state index in [0.29, 0.717) is 0 Å². The van der Waals surface area contributed by atoms with Crippen LogP contribution in [0.1, 0.15) is 27.7 Å². The summed E-state index contributed by atoms with van der Waals surface area (Å²) >= 11 is 0. The summed E-state index contributed by atoms with van der Waals surface area (Å²) in [6, 6.07) is 0. The van der Waals surface area contributed by atoms with Gasteiger partial charge < -0.3 is 0 Å². The monoisotopic (exact) mass is 170 g/mol. The molecule has 0 aromatic heterocycles. The van der Waals surface area contributed by atoms with Gasteiger partial charge in [-0.2, -0.15) is 0 Å². The Morgan fingerprint density at radius 1 is 0.900 bits per heavy atom. The predicted octanol–water partition coefficient (Wildman–Crippen LogP) is 2.89. The first-order valence-corrected chi connectivity index (χ1v) is 8.00. The Morgan fingerprint density at radius 2 is 1.20 bits per heavy atom. The molecule has 0 amide bonds. The van der Waals surface area contributed by atoms with E-state index in [4.69, 9.17) is 0 Å². The second-order valence-corrected chi connectivity index (χ2v) is 14.5. The van der Waals surface area contributed by atoms with Gasteiger partial charge in [0.2, 0.25) is 0 Å². The molecule has 0 spiro atoms. The number of hydrogen-bond donors (Lipinski definition) is 0. The zero-order chi connectivity index (χ0) is 8.21. The SMILES string of the molecule is CC1(C)[Si]C(C)(C)[Si]1(C)C. The molecule has 1 rings (SSSR count). The highest BCUT2D eigenvalue weighted by Gasteiger charge is 2.60. The van der Waals surface area contributed by atoms with Crippen LogP contribution >= 0.6 is 0 Å². The largest absolute Gasteiger partial charge is 0.0690 e. The van der Waals surface area contributed by atoms with Crippen molar-refractivity contribution in [1.29, 1.82) is 0 Å². The zero-order valence-electron chi connectivity index (χ0n) is 8.00. The van der Waals surface area contributed by atoms with E-state index in [1.165, 1.54) is 9.52 Å². The molecule has 1 aliphatic heterocycles. The first-order chi connectivity index (χ1) is 4.21. The second kappa shape index (κ2) is 1.78. The molecule has 0 nitrogen and oxygen atoms in total. The molecular weight excluding hydrogens is 152 g/mol. The molecule has 0 unspecified atom stereocenters. The van der Waals surface area contributed by atoms with Crippen molar-refractivity contribution in [3.8, 4) is 0 Å². The summed E-state index contributed by atoms with van der Waals surface area (Å²) < 4.78 is 1.44. The van der Waals surface area contributed by atoms with E-state index >= 15 is 0 Å². The van der Waals surface area contributed by atoms with Gasteiger partial charge in [0.05, 0.1) is 8.07 Å². The van der Waals surface area contributed by atoms with Crippen LogP contribution in [0.4, 0.5) is 0 Å². The molecule has 1 aliphatic rings. The van der Waals surface area contributed by atoms with Gasteiger partial charge in [-0.15, -0.1) is 0 Å². The standard InChI is InChI=1S/C8H18Si2/c1-7(2)9-8(3,4)10(7,5)6/h1-6H3. The maximum absolute atomic E-state index is 2.53. The van der Waals surface area contributed by atoms with Crippen molar-refractivity contribution < 1.29 is 0 Å². The summed E-state index contributed by atoms with van der Waals surface area (Å²) in [7, 11) is 0.294. The van der Waals surface area contributed by atoms with Gasteiger partial charge in [0.1, 0.15) is 0 Å². The highest BCUT2D eigenvalue weighted by Crippen LogP contribution is 2.62. The van der Waals surface area contributed by atoms with Crippen LogP contribution in [-0.4, -0.2) is 17.6 Å². The van der Waals surface area contributed by atoms with Crippen LogP contribution in [-0.2, 0) is 0 Å². The van der Waals surface area contributed by atoms with Crippen LogP contribution in [0, 0.1) is 0 Å². The summed E-state index contributed by atoms with van der Waals surface area (Å²) in [5.41, 5.74) is 0. The van der Waals surface area contributed by atoms with Gasteiger partial charge in [-0.3, -0.25) is 0 Å². The maximum Gasteiger partial charge on any atom is 0.0526 e. The third-order valence-corrected chi connectivity index (χ3v) is 15.8. The molecule has 1 saturated heterocycles. The van der Waals surface area contributed by atoms with Crippen molar-refractivity contribution in [2.24, 2.45) is 0 Å². The Bertz CT molecular complexity index is 141. The summed E-state index contributed by atoms with van der Waals surface area (Å²) in [5.74, 6) is 0.